The number of aryl methyl sites for hydroxylation is 1. The second-order valence-electron chi connectivity index (χ2n) is 4.82. The molecule has 0 bridgehead atoms. The third kappa shape index (κ3) is 3.75. The highest BCUT2D eigenvalue weighted by atomic mass is 16.5. The average Bonchev–Trinajstić information content (AvgIpc) is 2.42. The number of pyridine rings is 1. The van der Waals surface area contributed by atoms with Gasteiger partial charge in [0, 0.05) is 30.7 Å². The number of aliphatic hydroxyl groups is 1. The maximum Gasteiger partial charge on any atom is 0.0812 e. The lowest BCUT2D eigenvalue weighted by molar-refractivity contribution is 0.0822. The van der Waals surface area contributed by atoms with Crippen molar-refractivity contribution in [2.45, 2.75) is 32.8 Å². The molecule has 0 saturated heterocycles. The maximum atomic E-state index is 10.1. The van der Waals surface area contributed by atoms with Gasteiger partial charge in [-0.05, 0) is 37.1 Å². The van der Waals surface area contributed by atoms with Gasteiger partial charge < -0.3 is 9.84 Å². The Hall–Kier alpha value is -1.45. The van der Waals surface area contributed by atoms with E-state index < -0.39 is 6.10 Å². The molecule has 3 nitrogen and oxygen atoms in total. The number of hydrogen-bond acceptors (Lipinski definition) is 3. The fourth-order valence-electron chi connectivity index (χ4n) is 2.06. The Balaban J connectivity index is 2.05. The van der Waals surface area contributed by atoms with E-state index in [1.165, 1.54) is 0 Å². The lowest BCUT2D eigenvalue weighted by Gasteiger charge is -2.12. The molecule has 2 aromatic rings. The van der Waals surface area contributed by atoms with Crippen molar-refractivity contribution < 1.29 is 9.84 Å². The van der Waals surface area contributed by atoms with Crippen molar-refractivity contribution in [1.82, 2.24) is 4.98 Å². The molecular weight excluding hydrogens is 238 g/mol. The van der Waals surface area contributed by atoms with E-state index in [-0.39, 0.29) is 0 Å². The van der Waals surface area contributed by atoms with Gasteiger partial charge in [-0.3, -0.25) is 4.98 Å². The SMILES string of the molecule is CCCOCCC(O)c1ccc2nc(C)ccc2c1. The molecule has 1 aromatic heterocycles. The summed E-state index contributed by atoms with van der Waals surface area (Å²) in [5.41, 5.74) is 2.91. The smallest absolute Gasteiger partial charge is 0.0812 e. The molecule has 3 heteroatoms. The first-order chi connectivity index (χ1) is 9.20. The first-order valence-electron chi connectivity index (χ1n) is 6.84. The molecule has 1 atom stereocenters. The zero-order valence-corrected chi connectivity index (χ0v) is 11.6. The van der Waals surface area contributed by atoms with Crippen molar-refractivity contribution in [3.8, 4) is 0 Å². The number of hydrogen-bond donors (Lipinski definition) is 1. The van der Waals surface area contributed by atoms with Crippen LogP contribution in [0.4, 0.5) is 0 Å². The Morgan fingerprint density at radius 2 is 2.05 bits per heavy atom. The molecule has 1 aromatic carbocycles. The van der Waals surface area contributed by atoms with Crippen LogP contribution in [-0.2, 0) is 4.74 Å². The van der Waals surface area contributed by atoms with E-state index >= 15 is 0 Å². The van der Waals surface area contributed by atoms with Crippen molar-refractivity contribution >= 4 is 10.9 Å². The molecule has 0 aliphatic heterocycles. The molecule has 0 spiro atoms. The first-order valence-corrected chi connectivity index (χ1v) is 6.84. The Morgan fingerprint density at radius 3 is 2.84 bits per heavy atom. The van der Waals surface area contributed by atoms with Gasteiger partial charge in [0.15, 0.2) is 0 Å². The predicted molar refractivity (Wildman–Crippen MR) is 77.2 cm³/mol. The maximum absolute atomic E-state index is 10.1. The fraction of sp³-hybridized carbons (Fsp3) is 0.438. The molecule has 0 saturated carbocycles. The van der Waals surface area contributed by atoms with Crippen molar-refractivity contribution in [1.29, 1.82) is 0 Å². The molecule has 0 aliphatic carbocycles. The number of benzene rings is 1. The van der Waals surface area contributed by atoms with Gasteiger partial charge in [-0.2, -0.15) is 0 Å². The van der Waals surface area contributed by atoms with E-state index in [0.717, 1.165) is 35.2 Å². The average molecular weight is 259 g/mol. The van der Waals surface area contributed by atoms with Crippen molar-refractivity contribution in [3.63, 3.8) is 0 Å². The Kier molecular flexibility index (Phi) is 4.88. The fourth-order valence-corrected chi connectivity index (χ4v) is 2.06. The van der Waals surface area contributed by atoms with E-state index in [0.29, 0.717) is 13.0 Å². The van der Waals surface area contributed by atoms with Crippen LogP contribution in [-0.4, -0.2) is 23.3 Å². The van der Waals surface area contributed by atoms with Gasteiger partial charge in [-0.25, -0.2) is 0 Å². The summed E-state index contributed by atoms with van der Waals surface area (Å²) in [4.78, 5) is 4.46. The highest BCUT2D eigenvalue weighted by Gasteiger charge is 2.08. The molecule has 1 unspecified atom stereocenters. The topological polar surface area (TPSA) is 42.4 Å². The molecule has 1 N–H and O–H groups in total. The second-order valence-corrected chi connectivity index (χ2v) is 4.82. The number of aliphatic hydroxyl groups excluding tert-OH is 1. The van der Waals surface area contributed by atoms with Crippen LogP contribution in [0, 0.1) is 6.92 Å². The molecular formula is C16H21NO2. The lowest BCUT2D eigenvalue weighted by Crippen LogP contribution is -2.04. The summed E-state index contributed by atoms with van der Waals surface area (Å²) in [5.74, 6) is 0. The number of rotatable bonds is 6. The molecule has 0 radical (unpaired) electrons. The number of nitrogens with zero attached hydrogens (tertiary/aromatic N) is 1. The van der Waals surface area contributed by atoms with Crippen LogP contribution in [0.15, 0.2) is 30.3 Å². The Labute approximate surface area is 114 Å². The van der Waals surface area contributed by atoms with Crippen molar-refractivity contribution in [3.05, 3.63) is 41.6 Å². The second kappa shape index (κ2) is 6.64. The van der Waals surface area contributed by atoms with Gasteiger partial charge in [0.2, 0.25) is 0 Å². The first kappa shape index (κ1) is 14.0. The van der Waals surface area contributed by atoms with Gasteiger partial charge in [-0.1, -0.05) is 19.1 Å². The number of ether oxygens (including phenoxy) is 1. The van der Waals surface area contributed by atoms with Gasteiger partial charge in [0.05, 0.1) is 11.6 Å². The minimum atomic E-state index is -0.470. The molecule has 0 amide bonds. The van der Waals surface area contributed by atoms with Crippen LogP contribution in [0.25, 0.3) is 10.9 Å². The standard InChI is InChI=1S/C16H21NO2/c1-3-9-19-10-8-16(18)14-6-7-15-13(11-14)5-4-12(2)17-15/h4-7,11,16,18H,3,8-10H2,1-2H3. The normalized spacial score (nSPS) is 12.8. The highest BCUT2D eigenvalue weighted by molar-refractivity contribution is 5.79. The summed E-state index contributed by atoms with van der Waals surface area (Å²) in [5, 5.41) is 11.2. The quantitative estimate of drug-likeness (QED) is 0.808. The predicted octanol–water partition coefficient (Wildman–Crippen LogP) is 3.39. The number of aromatic nitrogens is 1. The lowest BCUT2D eigenvalue weighted by atomic mass is 10.0. The number of fused-ring (bicyclic) bond motifs is 1. The molecule has 0 aliphatic rings. The van der Waals surface area contributed by atoms with Crippen LogP contribution in [0.2, 0.25) is 0 Å². The van der Waals surface area contributed by atoms with Crippen LogP contribution in [0.5, 0.6) is 0 Å². The van der Waals surface area contributed by atoms with E-state index in [1.807, 2.05) is 37.3 Å². The Bertz CT molecular complexity index is 539. The molecule has 102 valence electrons. The Morgan fingerprint density at radius 1 is 1.21 bits per heavy atom. The van der Waals surface area contributed by atoms with Gasteiger partial charge in [-0.15, -0.1) is 0 Å². The van der Waals surface area contributed by atoms with Gasteiger partial charge in [0.25, 0.3) is 0 Å². The zero-order chi connectivity index (χ0) is 13.7. The van der Waals surface area contributed by atoms with E-state index in [9.17, 15) is 5.11 Å². The van der Waals surface area contributed by atoms with E-state index in [4.69, 9.17) is 4.74 Å². The van der Waals surface area contributed by atoms with E-state index in [1.54, 1.807) is 0 Å². The summed E-state index contributed by atoms with van der Waals surface area (Å²) >= 11 is 0. The highest BCUT2D eigenvalue weighted by Crippen LogP contribution is 2.21. The molecule has 0 fully saturated rings. The monoisotopic (exact) mass is 259 g/mol. The molecule has 1 heterocycles. The largest absolute Gasteiger partial charge is 0.388 e. The molecule has 2 rings (SSSR count). The van der Waals surface area contributed by atoms with E-state index in [2.05, 4.69) is 11.9 Å². The zero-order valence-electron chi connectivity index (χ0n) is 11.6. The summed E-state index contributed by atoms with van der Waals surface area (Å²) in [7, 11) is 0. The third-order valence-corrected chi connectivity index (χ3v) is 3.12. The van der Waals surface area contributed by atoms with Crippen molar-refractivity contribution in [2.24, 2.45) is 0 Å². The summed E-state index contributed by atoms with van der Waals surface area (Å²) in [6.45, 7) is 5.41. The van der Waals surface area contributed by atoms with Crippen LogP contribution in [0.3, 0.4) is 0 Å². The van der Waals surface area contributed by atoms with Gasteiger partial charge in [0.1, 0.15) is 0 Å². The van der Waals surface area contributed by atoms with Gasteiger partial charge >= 0.3 is 0 Å². The van der Waals surface area contributed by atoms with Crippen LogP contribution < -0.4 is 0 Å². The molecule has 19 heavy (non-hydrogen) atoms. The minimum absolute atomic E-state index is 0.470. The third-order valence-electron chi connectivity index (χ3n) is 3.12. The summed E-state index contributed by atoms with van der Waals surface area (Å²) in [6.07, 6.45) is 1.17. The summed E-state index contributed by atoms with van der Waals surface area (Å²) in [6, 6.07) is 9.95. The summed E-state index contributed by atoms with van der Waals surface area (Å²) < 4.78 is 5.41. The van der Waals surface area contributed by atoms with Crippen LogP contribution in [0.1, 0.15) is 37.1 Å². The minimum Gasteiger partial charge on any atom is -0.388 e. The van der Waals surface area contributed by atoms with Crippen molar-refractivity contribution in [2.75, 3.05) is 13.2 Å². The van der Waals surface area contributed by atoms with Crippen LogP contribution >= 0.6 is 0 Å².